The molecule has 1 rings (SSSR count). The Hall–Kier alpha value is -3.84. The number of carbonyl (C=O) groups is 6. The third-order valence-corrected chi connectivity index (χ3v) is 4.18. The summed E-state index contributed by atoms with van der Waals surface area (Å²) in [6, 6.07) is 7.48. The zero-order chi connectivity index (χ0) is 25.9. The van der Waals surface area contributed by atoms with Gasteiger partial charge >= 0.3 is 35.8 Å². The first-order valence-electron chi connectivity index (χ1n) is 9.87. The van der Waals surface area contributed by atoms with Crippen molar-refractivity contribution in [3.8, 4) is 5.75 Å². The Labute approximate surface area is 192 Å². The van der Waals surface area contributed by atoms with E-state index in [1.165, 1.54) is 24.3 Å². The van der Waals surface area contributed by atoms with E-state index in [1.807, 2.05) is 0 Å². The number of ether oxygens (including phenoxy) is 3. The van der Waals surface area contributed by atoms with E-state index in [2.05, 4.69) is 4.74 Å². The summed E-state index contributed by atoms with van der Waals surface area (Å²) in [5.74, 6) is -9.66. The second kappa shape index (κ2) is 12.4. The normalized spacial score (nSPS) is 14.1. The molecule has 0 fully saturated rings. The minimum atomic E-state index is -3.12. The number of carbonyl (C=O) groups excluding carboxylic acids is 4. The highest BCUT2D eigenvalue weighted by Gasteiger charge is 2.47. The number of hydrogen-bond donors (Lipinski definition) is 4. The first kappa shape index (κ1) is 28.2. The van der Waals surface area contributed by atoms with Crippen molar-refractivity contribution in [2.24, 2.45) is 0 Å². The lowest BCUT2D eigenvalue weighted by Crippen LogP contribution is -2.48. The molecule has 0 heterocycles. The van der Waals surface area contributed by atoms with E-state index in [-0.39, 0.29) is 12.4 Å². The topological polar surface area (TPSA) is 211 Å². The Morgan fingerprint density at radius 2 is 1.35 bits per heavy atom. The summed E-state index contributed by atoms with van der Waals surface area (Å²) in [6.45, 7) is 1.60. The summed E-state index contributed by atoms with van der Waals surface area (Å²) in [4.78, 5) is 70.7. The number of rotatable bonds is 13. The molecule has 0 aliphatic rings. The van der Waals surface area contributed by atoms with E-state index in [0.717, 1.165) is 0 Å². The highest BCUT2D eigenvalue weighted by atomic mass is 16.6. The number of hydrogen-bond acceptors (Lipinski definition) is 11. The van der Waals surface area contributed by atoms with Gasteiger partial charge in [0.15, 0.2) is 11.2 Å². The van der Waals surface area contributed by atoms with Crippen LogP contribution < -0.4 is 4.74 Å². The minimum Gasteiger partial charge on any atom is -0.481 e. The number of carboxylic acid groups (broad SMARTS) is 2. The van der Waals surface area contributed by atoms with Gasteiger partial charge in [-0.15, -0.1) is 0 Å². The lowest BCUT2D eigenvalue weighted by atomic mass is 9.94. The van der Waals surface area contributed by atoms with Crippen molar-refractivity contribution in [1.82, 2.24) is 0 Å². The molecule has 2 atom stereocenters. The van der Waals surface area contributed by atoms with Gasteiger partial charge in [0.25, 0.3) is 0 Å². The van der Waals surface area contributed by atoms with Crippen LogP contribution in [0.1, 0.15) is 39.0 Å². The van der Waals surface area contributed by atoms with Gasteiger partial charge in [-0.25, -0.2) is 9.59 Å². The number of carboxylic acids is 2. The average molecular weight is 484 g/mol. The average Bonchev–Trinajstić information content (AvgIpc) is 2.71. The van der Waals surface area contributed by atoms with Crippen molar-refractivity contribution in [2.45, 2.75) is 50.2 Å². The largest absolute Gasteiger partial charge is 0.481 e. The van der Waals surface area contributed by atoms with Crippen LogP contribution in [-0.4, -0.2) is 74.1 Å². The van der Waals surface area contributed by atoms with Crippen LogP contribution in [0, 0.1) is 0 Å². The number of benzene rings is 1. The maximum absolute atomic E-state index is 12.5. The Kier molecular flexibility index (Phi) is 10.3. The smallest absolute Gasteiger partial charge is 0.346 e. The molecule has 0 spiro atoms. The van der Waals surface area contributed by atoms with Gasteiger partial charge in [0.1, 0.15) is 5.75 Å². The maximum Gasteiger partial charge on any atom is 0.346 e. The van der Waals surface area contributed by atoms with Crippen LogP contribution in [0.15, 0.2) is 30.3 Å². The van der Waals surface area contributed by atoms with Crippen molar-refractivity contribution in [3.05, 3.63) is 30.3 Å². The molecule has 0 aromatic heterocycles. The Morgan fingerprint density at radius 1 is 0.794 bits per heavy atom. The predicted molar refractivity (Wildman–Crippen MR) is 108 cm³/mol. The monoisotopic (exact) mass is 484 g/mol. The second-order valence-electron chi connectivity index (χ2n) is 7.24. The van der Waals surface area contributed by atoms with Gasteiger partial charge in [-0.05, 0) is 18.6 Å². The molecule has 4 N–H and O–H groups in total. The van der Waals surface area contributed by atoms with E-state index in [0.29, 0.717) is 6.42 Å². The van der Waals surface area contributed by atoms with Crippen LogP contribution in [0.25, 0.3) is 0 Å². The molecule has 0 radical (unpaired) electrons. The third-order valence-electron chi connectivity index (χ3n) is 4.18. The van der Waals surface area contributed by atoms with Crippen LogP contribution in [-0.2, 0) is 38.2 Å². The van der Waals surface area contributed by atoms with Crippen molar-refractivity contribution < 1.29 is 63.4 Å². The molecule has 0 saturated heterocycles. The van der Waals surface area contributed by atoms with E-state index >= 15 is 0 Å². The molecule has 0 amide bonds. The van der Waals surface area contributed by atoms with Crippen LogP contribution in [0.2, 0.25) is 0 Å². The van der Waals surface area contributed by atoms with Crippen molar-refractivity contribution in [3.63, 3.8) is 0 Å². The molecule has 2 unspecified atom stereocenters. The first-order valence-corrected chi connectivity index (χ1v) is 9.87. The third kappa shape index (κ3) is 8.96. The fourth-order valence-corrected chi connectivity index (χ4v) is 2.54. The highest BCUT2D eigenvalue weighted by Crippen LogP contribution is 2.23. The van der Waals surface area contributed by atoms with Crippen molar-refractivity contribution >= 4 is 35.8 Å². The molecular weight excluding hydrogens is 460 g/mol. The molecule has 1 aromatic carbocycles. The van der Waals surface area contributed by atoms with E-state index in [4.69, 9.17) is 19.7 Å². The summed E-state index contributed by atoms with van der Waals surface area (Å²) in [5.41, 5.74) is -6.08. The molecule has 13 heteroatoms. The van der Waals surface area contributed by atoms with E-state index in [9.17, 15) is 39.0 Å². The number of aliphatic hydroxyl groups is 2. The van der Waals surface area contributed by atoms with Gasteiger partial charge in [-0.2, -0.15) is 0 Å². The Bertz CT molecular complexity index is 926. The van der Waals surface area contributed by atoms with Crippen LogP contribution in [0.5, 0.6) is 5.75 Å². The molecule has 0 aliphatic heterocycles. The molecule has 0 saturated carbocycles. The molecule has 1 aromatic rings. The highest BCUT2D eigenvalue weighted by molar-refractivity contribution is 5.97. The van der Waals surface area contributed by atoms with Gasteiger partial charge < -0.3 is 34.6 Å². The summed E-state index contributed by atoms with van der Waals surface area (Å²) in [6.07, 6.45) is -4.76. The lowest BCUT2D eigenvalue weighted by Gasteiger charge is -2.25. The zero-order valence-electron chi connectivity index (χ0n) is 18.1. The molecule has 186 valence electrons. The molecule has 34 heavy (non-hydrogen) atoms. The van der Waals surface area contributed by atoms with Gasteiger partial charge in [0, 0.05) is 0 Å². The van der Waals surface area contributed by atoms with Crippen LogP contribution in [0.4, 0.5) is 0 Å². The number of aliphatic carboxylic acids is 2. The maximum atomic E-state index is 12.5. The van der Waals surface area contributed by atoms with Gasteiger partial charge in [0.05, 0.1) is 32.3 Å². The molecular formula is C21H24O13. The van der Waals surface area contributed by atoms with Gasteiger partial charge in [-0.1, -0.05) is 25.1 Å². The van der Waals surface area contributed by atoms with E-state index < -0.39 is 72.7 Å². The van der Waals surface area contributed by atoms with Gasteiger partial charge in [0.2, 0.25) is 0 Å². The molecule has 0 bridgehead atoms. The SMILES string of the molecule is CCCOC(=O)CC(O)(CC(=O)Oc1ccccc1)C(=O)OC(=O)CC(O)(CC(=O)O)C(=O)O. The lowest BCUT2D eigenvalue weighted by molar-refractivity contribution is -0.185. The number of esters is 4. The Balaban J connectivity index is 3.02. The summed E-state index contributed by atoms with van der Waals surface area (Å²) in [7, 11) is 0. The Morgan fingerprint density at radius 3 is 1.88 bits per heavy atom. The molecule has 13 nitrogen and oxygen atoms in total. The minimum absolute atomic E-state index is 0.0491. The standard InChI is InChI=1S/C21H24O13/c1-2-8-32-15(24)10-21(31,12-16(25)33-13-6-4-3-5-7-13)19(29)34-17(26)11-20(30,18(27)28)9-14(22)23/h3-7,30-31H,2,8-12H2,1H3,(H,22,23)(H,27,28). The van der Waals surface area contributed by atoms with Crippen molar-refractivity contribution in [1.29, 1.82) is 0 Å². The van der Waals surface area contributed by atoms with Gasteiger partial charge in [-0.3, -0.25) is 19.2 Å². The van der Waals surface area contributed by atoms with E-state index in [1.54, 1.807) is 13.0 Å². The second-order valence-corrected chi connectivity index (χ2v) is 7.24. The van der Waals surface area contributed by atoms with Crippen LogP contribution >= 0.6 is 0 Å². The quantitative estimate of drug-likeness (QED) is 0.163. The summed E-state index contributed by atoms with van der Waals surface area (Å²) in [5, 5.41) is 38.3. The summed E-state index contributed by atoms with van der Waals surface area (Å²) >= 11 is 0. The molecule has 0 aliphatic carbocycles. The summed E-state index contributed by atoms with van der Waals surface area (Å²) < 4.78 is 14.1. The number of para-hydroxylation sites is 1. The van der Waals surface area contributed by atoms with Crippen LogP contribution in [0.3, 0.4) is 0 Å². The first-order chi connectivity index (χ1) is 15.8. The zero-order valence-corrected chi connectivity index (χ0v) is 18.1. The fourth-order valence-electron chi connectivity index (χ4n) is 2.54. The van der Waals surface area contributed by atoms with Crippen molar-refractivity contribution in [2.75, 3.05) is 6.61 Å². The predicted octanol–water partition coefficient (Wildman–Crippen LogP) is -0.193. The fraction of sp³-hybridized carbons (Fsp3) is 0.429.